The molecule has 0 amide bonds. The lowest BCUT2D eigenvalue weighted by Crippen LogP contribution is -2.37. The lowest BCUT2D eigenvalue weighted by Gasteiger charge is -2.28. The van der Waals surface area contributed by atoms with Gasteiger partial charge in [0.05, 0.1) is 10.9 Å². The van der Waals surface area contributed by atoms with Gasteiger partial charge in [0.25, 0.3) is 0 Å². The molecule has 7 heteroatoms. The Bertz CT molecular complexity index is 1090. The number of hydrogen-bond acceptors (Lipinski definition) is 3. The Morgan fingerprint density at radius 2 is 1.90 bits per heavy atom. The van der Waals surface area contributed by atoms with Crippen molar-refractivity contribution in [1.82, 2.24) is 0 Å². The van der Waals surface area contributed by atoms with Crippen LogP contribution in [0.3, 0.4) is 0 Å². The second-order valence-electron chi connectivity index (χ2n) is 7.11. The predicted molar refractivity (Wildman–Crippen MR) is 117 cm³/mol. The number of halogens is 3. The van der Waals surface area contributed by atoms with E-state index in [0.29, 0.717) is 23.5 Å². The molecule has 4 nitrogen and oxygen atoms in total. The monoisotopic (exact) mass is 447 g/mol. The first-order chi connectivity index (χ1) is 13.9. The normalized spacial score (nSPS) is 17.6. The number of para-hydroxylation sites is 1. The molecule has 156 valence electrons. The van der Waals surface area contributed by atoms with E-state index in [1.54, 1.807) is 24.3 Å². The van der Waals surface area contributed by atoms with Crippen molar-refractivity contribution in [2.75, 3.05) is 0 Å². The van der Waals surface area contributed by atoms with E-state index in [1.165, 1.54) is 6.07 Å². The molecule has 30 heavy (non-hydrogen) atoms. The topological polar surface area (TPSA) is 72.5 Å². The molecule has 0 fully saturated rings. The fraction of sp³-hybridized carbons (Fsp3) is 0.174. The maximum Gasteiger partial charge on any atom is 0.312 e. The number of benzene rings is 3. The van der Waals surface area contributed by atoms with Crippen LogP contribution in [0.5, 0.6) is 11.5 Å². The van der Waals surface area contributed by atoms with E-state index >= 15 is 0 Å². The number of ether oxygens (including phenoxy) is 1. The minimum absolute atomic E-state index is 0. The Morgan fingerprint density at radius 3 is 2.63 bits per heavy atom. The van der Waals surface area contributed by atoms with E-state index in [4.69, 9.17) is 22.1 Å². The van der Waals surface area contributed by atoms with Gasteiger partial charge in [-0.1, -0.05) is 41.9 Å². The fourth-order valence-corrected chi connectivity index (χ4v) is 3.95. The van der Waals surface area contributed by atoms with Gasteiger partial charge in [-0.15, -0.1) is 12.4 Å². The minimum Gasteiger partial charge on any atom is -0.481 e. The quantitative estimate of drug-likeness (QED) is 0.529. The van der Waals surface area contributed by atoms with Crippen molar-refractivity contribution in [1.29, 1.82) is 0 Å². The van der Waals surface area contributed by atoms with E-state index in [0.717, 1.165) is 23.1 Å². The van der Waals surface area contributed by atoms with Gasteiger partial charge in [0.2, 0.25) is 0 Å². The molecule has 1 aliphatic rings. The first-order valence-corrected chi connectivity index (χ1v) is 9.65. The summed E-state index contributed by atoms with van der Waals surface area (Å²) in [6.07, 6.45) is 1.38. The van der Waals surface area contributed by atoms with Crippen molar-refractivity contribution in [3.05, 3.63) is 82.6 Å². The van der Waals surface area contributed by atoms with E-state index in [9.17, 15) is 14.3 Å². The molecule has 0 saturated heterocycles. The summed E-state index contributed by atoms with van der Waals surface area (Å²) >= 11 is 5.93. The molecular weight excluding hydrogens is 428 g/mol. The molecule has 3 aromatic rings. The maximum atomic E-state index is 13.5. The summed E-state index contributed by atoms with van der Waals surface area (Å²) in [5, 5.41) is 9.65. The molecule has 0 saturated carbocycles. The number of hydrogen-bond donors (Lipinski definition) is 2. The number of carboxylic acids is 1. The molecular formula is C23H20Cl2FNO3. The summed E-state index contributed by atoms with van der Waals surface area (Å²) in [5.74, 6) is -1.10. The Kier molecular flexibility index (Phi) is 6.66. The van der Waals surface area contributed by atoms with Crippen LogP contribution in [0, 0.1) is 5.82 Å². The first kappa shape index (κ1) is 22.1. The predicted octanol–water partition coefficient (Wildman–Crippen LogP) is 5.80. The van der Waals surface area contributed by atoms with Gasteiger partial charge >= 0.3 is 5.97 Å². The van der Waals surface area contributed by atoms with Crippen molar-refractivity contribution in [3.63, 3.8) is 0 Å². The second-order valence-corrected chi connectivity index (χ2v) is 7.51. The highest BCUT2D eigenvalue weighted by atomic mass is 35.5. The van der Waals surface area contributed by atoms with Crippen LogP contribution in [0.2, 0.25) is 5.02 Å². The molecule has 3 N–H and O–H groups in total. The van der Waals surface area contributed by atoms with E-state index < -0.39 is 23.7 Å². The van der Waals surface area contributed by atoms with Gasteiger partial charge in [-0.2, -0.15) is 0 Å². The van der Waals surface area contributed by atoms with Crippen molar-refractivity contribution >= 4 is 30.0 Å². The maximum absolute atomic E-state index is 13.5. The number of carbonyl (C=O) groups is 1. The van der Waals surface area contributed by atoms with Crippen molar-refractivity contribution in [3.8, 4) is 22.6 Å². The largest absolute Gasteiger partial charge is 0.481 e. The lowest BCUT2D eigenvalue weighted by molar-refractivity contribution is -0.139. The number of rotatable bonds is 4. The van der Waals surface area contributed by atoms with Crippen LogP contribution in [-0.2, 0) is 11.2 Å². The highest BCUT2D eigenvalue weighted by Gasteiger charge is 2.33. The van der Waals surface area contributed by atoms with E-state index in [-0.39, 0.29) is 17.4 Å². The van der Waals surface area contributed by atoms with Crippen LogP contribution in [0.25, 0.3) is 11.1 Å². The van der Waals surface area contributed by atoms with Crippen molar-refractivity contribution in [2.24, 2.45) is 5.73 Å². The lowest BCUT2D eigenvalue weighted by atomic mass is 9.79. The fourth-order valence-electron chi connectivity index (χ4n) is 3.77. The van der Waals surface area contributed by atoms with Gasteiger partial charge in [0.1, 0.15) is 17.3 Å². The van der Waals surface area contributed by atoms with Gasteiger partial charge in [-0.3, -0.25) is 4.79 Å². The Balaban J connectivity index is 0.00000256. The summed E-state index contributed by atoms with van der Waals surface area (Å²) in [4.78, 5) is 11.7. The summed E-state index contributed by atoms with van der Waals surface area (Å²) < 4.78 is 19.6. The zero-order chi connectivity index (χ0) is 20.5. The average molecular weight is 448 g/mol. The zero-order valence-electron chi connectivity index (χ0n) is 15.8. The second kappa shape index (κ2) is 9.04. The number of carboxylic acid groups (broad SMARTS) is 1. The molecule has 0 bridgehead atoms. The van der Waals surface area contributed by atoms with Crippen molar-refractivity contribution < 1.29 is 19.0 Å². The Hall–Kier alpha value is -2.60. The zero-order valence-corrected chi connectivity index (χ0v) is 17.4. The molecule has 4 rings (SSSR count). The van der Waals surface area contributed by atoms with Gasteiger partial charge in [0, 0.05) is 11.6 Å². The molecule has 0 aliphatic heterocycles. The minimum atomic E-state index is -0.933. The average Bonchev–Trinajstić information content (AvgIpc) is 2.70. The number of fused-ring (bicyclic) bond motifs is 1. The highest BCUT2D eigenvalue weighted by molar-refractivity contribution is 6.31. The molecule has 2 unspecified atom stereocenters. The van der Waals surface area contributed by atoms with Gasteiger partial charge < -0.3 is 15.6 Å². The smallest absolute Gasteiger partial charge is 0.312 e. The molecule has 0 spiro atoms. The van der Waals surface area contributed by atoms with Crippen LogP contribution in [-0.4, -0.2) is 17.1 Å². The van der Waals surface area contributed by atoms with E-state index in [2.05, 4.69) is 0 Å². The first-order valence-electron chi connectivity index (χ1n) is 9.27. The molecule has 0 radical (unpaired) electrons. The number of aliphatic carboxylic acids is 1. The molecule has 3 aromatic carbocycles. The summed E-state index contributed by atoms with van der Waals surface area (Å²) in [5.41, 5.74) is 9.19. The summed E-state index contributed by atoms with van der Waals surface area (Å²) in [6, 6.07) is 16.9. The van der Waals surface area contributed by atoms with Gasteiger partial charge in [-0.05, 0) is 59.9 Å². The van der Waals surface area contributed by atoms with Crippen molar-refractivity contribution in [2.45, 2.75) is 24.8 Å². The van der Waals surface area contributed by atoms with Crippen LogP contribution in [0.1, 0.15) is 23.5 Å². The Labute approximate surface area is 184 Å². The molecule has 0 aromatic heterocycles. The van der Waals surface area contributed by atoms with Crippen LogP contribution in [0.15, 0.2) is 60.7 Å². The van der Waals surface area contributed by atoms with Gasteiger partial charge in [0.15, 0.2) is 0 Å². The molecule has 1 aliphatic carbocycles. The molecule has 2 atom stereocenters. The van der Waals surface area contributed by atoms with Crippen LogP contribution in [0.4, 0.5) is 4.39 Å². The SMILES string of the molecule is Cl.NC1CCc2ccc(Oc3ccccc3-c3ccc(F)c(Cl)c3)cc2C1C(=O)O. The number of nitrogens with two attached hydrogens (primary N) is 1. The third-order valence-corrected chi connectivity index (χ3v) is 5.53. The summed E-state index contributed by atoms with van der Waals surface area (Å²) in [6.45, 7) is 0. The van der Waals surface area contributed by atoms with E-state index in [1.807, 2.05) is 30.3 Å². The van der Waals surface area contributed by atoms with Crippen LogP contribution < -0.4 is 10.5 Å². The standard InChI is InChI=1S/C23H19ClFNO3.ClH/c24-18-11-14(6-9-19(18)25)16-3-1-2-4-21(16)29-15-8-5-13-7-10-20(26)22(23(27)28)17(13)12-15;/h1-6,8-9,11-12,20,22H,7,10,26H2,(H,27,28);1H. The molecule has 0 heterocycles. The highest BCUT2D eigenvalue weighted by Crippen LogP contribution is 2.38. The summed E-state index contributed by atoms with van der Waals surface area (Å²) in [7, 11) is 0. The third kappa shape index (κ3) is 4.29. The third-order valence-electron chi connectivity index (χ3n) is 5.24. The Morgan fingerprint density at radius 1 is 1.13 bits per heavy atom. The van der Waals surface area contributed by atoms with Gasteiger partial charge in [-0.25, -0.2) is 4.39 Å². The number of aryl methyl sites for hydroxylation is 1. The van der Waals surface area contributed by atoms with Crippen LogP contribution >= 0.6 is 24.0 Å².